The van der Waals surface area contributed by atoms with Crippen molar-refractivity contribution in [1.82, 2.24) is 0 Å². The van der Waals surface area contributed by atoms with Gasteiger partial charge in [-0.25, -0.2) is 0 Å². The second-order valence-corrected chi connectivity index (χ2v) is 17.0. The average Bonchev–Trinajstić information content (AvgIpc) is 3.27. The molecule has 5 heteroatoms. The van der Waals surface area contributed by atoms with Crippen LogP contribution in [0.2, 0.25) is 0 Å². The Morgan fingerprint density at radius 2 is 0.726 bits per heavy atom. The van der Waals surface area contributed by atoms with Crippen molar-refractivity contribution in [2.45, 2.75) is 245 Å². The molecule has 0 aromatic rings. The summed E-state index contributed by atoms with van der Waals surface area (Å²) in [5.74, 6) is -0.450. The predicted molar refractivity (Wildman–Crippen MR) is 270 cm³/mol. The van der Waals surface area contributed by atoms with Gasteiger partial charge in [0.2, 0.25) is 0 Å². The molecule has 0 fully saturated rings. The summed E-state index contributed by atoms with van der Waals surface area (Å²) >= 11 is 0. The van der Waals surface area contributed by atoms with Crippen LogP contribution in [-0.2, 0) is 23.8 Å². The van der Waals surface area contributed by atoms with E-state index in [1.54, 1.807) is 0 Å². The molecule has 1 atom stereocenters. The maximum atomic E-state index is 12.8. The van der Waals surface area contributed by atoms with Crippen LogP contribution in [0.25, 0.3) is 0 Å². The molecule has 0 amide bonds. The molecule has 0 aromatic carbocycles. The SMILES string of the molecule is CC/C=C\C/C=C\C/C=C\CCCCCC(=O)OC(COCCCCCCCCCC/C=C\C/C=C\CCCCC)COC(=O)CCCCCCC/C=C\C/C=C\CCCCC. The highest BCUT2D eigenvalue weighted by molar-refractivity contribution is 5.70. The van der Waals surface area contributed by atoms with E-state index in [0.717, 1.165) is 96.3 Å². The lowest BCUT2D eigenvalue weighted by Crippen LogP contribution is -2.30. The van der Waals surface area contributed by atoms with Gasteiger partial charge < -0.3 is 14.2 Å². The van der Waals surface area contributed by atoms with Crippen molar-refractivity contribution in [2.24, 2.45) is 0 Å². The second kappa shape index (κ2) is 52.4. The first kappa shape index (κ1) is 59.1. The molecule has 0 bridgehead atoms. The van der Waals surface area contributed by atoms with Gasteiger partial charge in [-0.15, -0.1) is 0 Å². The monoisotopic (exact) mass is 863 g/mol. The van der Waals surface area contributed by atoms with Gasteiger partial charge in [-0.1, -0.05) is 196 Å². The topological polar surface area (TPSA) is 61.8 Å². The van der Waals surface area contributed by atoms with E-state index in [1.165, 1.54) is 109 Å². The number of allylic oxidation sites excluding steroid dienone is 14. The molecule has 0 rings (SSSR count). The lowest BCUT2D eigenvalue weighted by Gasteiger charge is -2.18. The molecular weight excluding hydrogens is 765 g/mol. The molecule has 1 unspecified atom stereocenters. The Hall–Kier alpha value is -2.92. The summed E-state index contributed by atoms with van der Waals surface area (Å²) in [7, 11) is 0. The number of hydrogen-bond donors (Lipinski definition) is 0. The summed E-state index contributed by atoms with van der Waals surface area (Å²) in [5, 5.41) is 0. The molecule has 356 valence electrons. The van der Waals surface area contributed by atoms with Crippen molar-refractivity contribution in [3.8, 4) is 0 Å². The summed E-state index contributed by atoms with van der Waals surface area (Å²) in [6, 6.07) is 0. The van der Waals surface area contributed by atoms with E-state index in [9.17, 15) is 9.59 Å². The van der Waals surface area contributed by atoms with Gasteiger partial charge in [0, 0.05) is 19.4 Å². The van der Waals surface area contributed by atoms with Crippen molar-refractivity contribution in [2.75, 3.05) is 19.8 Å². The zero-order valence-corrected chi connectivity index (χ0v) is 40.9. The average molecular weight is 863 g/mol. The van der Waals surface area contributed by atoms with Crippen LogP contribution in [0, 0.1) is 0 Å². The van der Waals surface area contributed by atoms with Crippen molar-refractivity contribution in [3.63, 3.8) is 0 Å². The smallest absolute Gasteiger partial charge is 0.306 e. The zero-order valence-electron chi connectivity index (χ0n) is 40.9. The van der Waals surface area contributed by atoms with Crippen molar-refractivity contribution in [3.05, 3.63) is 85.1 Å². The molecule has 0 heterocycles. The van der Waals surface area contributed by atoms with E-state index < -0.39 is 6.10 Å². The molecule has 0 aliphatic rings. The van der Waals surface area contributed by atoms with E-state index in [-0.39, 0.29) is 25.2 Å². The van der Waals surface area contributed by atoms with Crippen LogP contribution in [0.1, 0.15) is 239 Å². The summed E-state index contributed by atoms with van der Waals surface area (Å²) in [5.41, 5.74) is 0. The molecule has 62 heavy (non-hydrogen) atoms. The fourth-order valence-corrected chi connectivity index (χ4v) is 7.00. The van der Waals surface area contributed by atoms with Crippen molar-refractivity contribution in [1.29, 1.82) is 0 Å². The molecule has 0 N–H and O–H groups in total. The van der Waals surface area contributed by atoms with Gasteiger partial charge in [-0.05, 0) is 116 Å². The summed E-state index contributed by atoms with van der Waals surface area (Å²) < 4.78 is 17.4. The van der Waals surface area contributed by atoms with Crippen molar-refractivity contribution < 1.29 is 23.8 Å². The van der Waals surface area contributed by atoms with Gasteiger partial charge in [0.15, 0.2) is 6.10 Å². The van der Waals surface area contributed by atoms with Gasteiger partial charge in [-0.2, -0.15) is 0 Å². The van der Waals surface area contributed by atoms with E-state index in [1.807, 2.05) is 0 Å². The van der Waals surface area contributed by atoms with Crippen LogP contribution < -0.4 is 0 Å². The van der Waals surface area contributed by atoms with Crippen LogP contribution in [0.15, 0.2) is 85.1 Å². The Balaban J connectivity index is 4.33. The quantitative estimate of drug-likeness (QED) is 0.0346. The number of esters is 2. The van der Waals surface area contributed by atoms with E-state index >= 15 is 0 Å². The van der Waals surface area contributed by atoms with Crippen LogP contribution in [-0.4, -0.2) is 37.9 Å². The molecule has 5 nitrogen and oxygen atoms in total. The highest BCUT2D eigenvalue weighted by Crippen LogP contribution is 2.13. The maximum absolute atomic E-state index is 12.8. The molecule has 0 radical (unpaired) electrons. The van der Waals surface area contributed by atoms with Crippen LogP contribution in [0.5, 0.6) is 0 Å². The van der Waals surface area contributed by atoms with Gasteiger partial charge in [-0.3, -0.25) is 9.59 Å². The Labute approximate surface area is 384 Å². The zero-order chi connectivity index (χ0) is 44.9. The third-order valence-electron chi connectivity index (χ3n) is 10.9. The normalized spacial score (nSPS) is 12.9. The summed E-state index contributed by atoms with van der Waals surface area (Å²) in [6.45, 7) is 7.61. The third-order valence-corrected chi connectivity index (χ3v) is 10.9. The molecule has 0 aliphatic heterocycles. The Kier molecular flexibility index (Phi) is 50.0. The first-order valence-corrected chi connectivity index (χ1v) is 26.1. The minimum atomic E-state index is -0.564. The summed E-state index contributed by atoms with van der Waals surface area (Å²) in [4.78, 5) is 25.4. The standard InChI is InChI=1S/C57H98O5/c1-4-7-10-13-16-19-22-25-27-28-29-31-34-37-40-43-46-49-52-60-53-55(62-57(59)51-48-45-42-39-36-32-24-21-18-15-12-9-6-3)54-61-56(58)50-47-44-41-38-35-33-30-26-23-20-17-14-11-8-5-2/h9,12,16-21,25-27,30,32,36,55H,4-8,10-11,13-15,22-24,28-29,31,33-35,37-54H2,1-3H3/b12-9-,19-16-,20-17-,21-18-,27-25-,30-26-,36-32-. The van der Waals surface area contributed by atoms with Crippen molar-refractivity contribution >= 4 is 11.9 Å². The summed E-state index contributed by atoms with van der Waals surface area (Å²) in [6.07, 6.45) is 68.8. The Morgan fingerprint density at radius 1 is 0.371 bits per heavy atom. The molecule has 0 spiro atoms. The largest absolute Gasteiger partial charge is 0.462 e. The minimum Gasteiger partial charge on any atom is -0.462 e. The number of carbonyl (C=O) groups is 2. The third kappa shape index (κ3) is 49.7. The van der Waals surface area contributed by atoms with E-state index in [4.69, 9.17) is 14.2 Å². The highest BCUT2D eigenvalue weighted by atomic mass is 16.6. The molecule has 0 saturated heterocycles. The van der Waals surface area contributed by atoms with Gasteiger partial charge in [0.05, 0.1) is 6.61 Å². The lowest BCUT2D eigenvalue weighted by atomic mass is 10.1. The Bertz CT molecular complexity index is 1160. The number of hydrogen-bond acceptors (Lipinski definition) is 5. The number of ether oxygens (including phenoxy) is 3. The lowest BCUT2D eigenvalue weighted by molar-refractivity contribution is -0.163. The van der Waals surface area contributed by atoms with E-state index in [0.29, 0.717) is 19.4 Å². The molecule has 0 aliphatic carbocycles. The maximum Gasteiger partial charge on any atom is 0.306 e. The highest BCUT2D eigenvalue weighted by Gasteiger charge is 2.17. The fourth-order valence-electron chi connectivity index (χ4n) is 7.00. The Morgan fingerprint density at radius 3 is 1.18 bits per heavy atom. The van der Waals surface area contributed by atoms with Gasteiger partial charge in [0.25, 0.3) is 0 Å². The first-order chi connectivity index (χ1) is 30.6. The molecule has 0 saturated carbocycles. The molecule has 0 aromatic heterocycles. The number of unbranched alkanes of at least 4 members (excludes halogenated alkanes) is 22. The van der Waals surface area contributed by atoms with Gasteiger partial charge in [0.1, 0.15) is 6.61 Å². The minimum absolute atomic E-state index is 0.0604. The fraction of sp³-hybridized carbons (Fsp3) is 0.719. The number of rotatable bonds is 47. The molecular formula is C57H98O5. The predicted octanol–water partition coefficient (Wildman–Crippen LogP) is 17.7. The van der Waals surface area contributed by atoms with Crippen LogP contribution >= 0.6 is 0 Å². The van der Waals surface area contributed by atoms with Crippen LogP contribution in [0.4, 0.5) is 0 Å². The second-order valence-electron chi connectivity index (χ2n) is 17.0. The van der Waals surface area contributed by atoms with Crippen LogP contribution in [0.3, 0.4) is 0 Å². The van der Waals surface area contributed by atoms with E-state index in [2.05, 4.69) is 106 Å². The first-order valence-electron chi connectivity index (χ1n) is 26.1. The number of carbonyl (C=O) groups excluding carboxylic acids is 2. The van der Waals surface area contributed by atoms with Gasteiger partial charge >= 0.3 is 11.9 Å².